The maximum absolute atomic E-state index is 13.4. The van der Waals surface area contributed by atoms with Crippen LogP contribution in [-0.2, 0) is 11.3 Å². The van der Waals surface area contributed by atoms with E-state index in [1.165, 1.54) is 11.6 Å². The lowest BCUT2D eigenvalue weighted by molar-refractivity contribution is -0.118. The lowest BCUT2D eigenvalue weighted by Gasteiger charge is -2.37. The van der Waals surface area contributed by atoms with E-state index >= 15 is 0 Å². The Kier molecular flexibility index (Phi) is 5.03. The molecule has 3 aliphatic heterocycles. The number of piperazine rings is 1. The van der Waals surface area contributed by atoms with Crippen molar-refractivity contribution >= 4 is 23.0 Å². The van der Waals surface area contributed by atoms with E-state index in [2.05, 4.69) is 38.3 Å². The molecule has 6 heteroatoms. The molecule has 5 rings (SSSR count). The maximum atomic E-state index is 13.4. The van der Waals surface area contributed by atoms with Crippen LogP contribution in [0.15, 0.2) is 41.4 Å². The van der Waals surface area contributed by atoms with Crippen LogP contribution >= 0.6 is 0 Å². The molecule has 0 spiro atoms. The van der Waals surface area contributed by atoms with Crippen LogP contribution in [0.4, 0.5) is 15.8 Å². The number of benzene rings is 2. The average molecular weight is 407 g/mol. The Morgan fingerprint density at radius 1 is 1.13 bits per heavy atom. The molecule has 0 radical (unpaired) electrons. The van der Waals surface area contributed by atoms with Gasteiger partial charge in [-0.2, -0.15) is 0 Å². The summed E-state index contributed by atoms with van der Waals surface area (Å²) in [5.41, 5.74) is 6.26. The van der Waals surface area contributed by atoms with Crippen LogP contribution in [0.2, 0.25) is 0 Å². The van der Waals surface area contributed by atoms with Crippen molar-refractivity contribution in [2.24, 2.45) is 10.9 Å². The van der Waals surface area contributed by atoms with E-state index in [9.17, 15) is 9.18 Å². The zero-order chi connectivity index (χ0) is 20.7. The molecule has 1 amide bonds. The van der Waals surface area contributed by atoms with Gasteiger partial charge in [-0.25, -0.2) is 4.39 Å². The fourth-order valence-corrected chi connectivity index (χ4v) is 4.89. The predicted octanol–water partition coefficient (Wildman–Crippen LogP) is 3.61. The molecule has 1 atom stereocenters. The topological polar surface area (TPSA) is 47.9 Å². The highest BCUT2D eigenvalue weighted by Gasteiger charge is 2.33. The number of aryl methyl sites for hydroxylation is 1. The first kappa shape index (κ1) is 19.2. The molecule has 30 heavy (non-hydrogen) atoms. The monoisotopic (exact) mass is 406 g/mol. The van der Waals surface area contributed by atoms with Gasteiger partial charge in [0.15, 0.2) is 0 Å². The van der Waals surface area contributed by atoms with Crippen LogP contribution < -0.4 is 10.2 Å². The van der Waals surface area contributed by atoms with Gasteiger partial charge in [-0.1, -0.05) is 12.1 Å². The minimum Gasteiger partial charge on any atom is -0.369 e. The Balaban J connectivity index is 1.26. The molecule has 0 bridgehead atoms. The van der Waals surface area contributed by atoms with Crippen molar-refractivity contribution in [2.45, 2.75) is 26.3 Å². The summed E-state index contributed by atoms with van der Waals surface area (Å²) >= 11 is 0. The van der Waals surface area contributed by atoms with Crippen LogP contribution in [0.5, 0.6) is 0 Å². The number of amides is 1. The van der Waals surface area contributed by atoms with Gasteiger partial charge in [0.2, 0.25) is 5.91 Å². The number of carbonyl (C=O) groups is 1. The molecule has 0 saturated carbocycles. The molecule has 1 fully saturated rings. The number of carbonyl (C=O) groups excluding carboxylic acids is 1. The van der Waals surface area contributed by atoms with Crippen LogP contribution in [0.1, 0.15) is 29.5 Å². The van der Waals surface area contributed by atoms with Gasteiger partial charge in [0.05, 0.1) is 17.3 Å². The van der Waals surface area contributed by atoms with Gasteiger partial charge in [-0.05, 0) is 55.2 Å². The Labute approximate surface area is 176 Å². The molecule has 0 aliphatic carbocycles. The van der Waals surface area contributed by atoms with Gasteiger partial charge in [0.25, 0.3) is 0 Å². The highest BCUT2D eigenvalue weighted by atomic mass is 19.1. The fraction of sp³-hybridized carbons (Fsp3) is 0.417. The third-order valence-corrected chi connectivity index (χ3v) is 6.48. The zero-order valence-electron chi connectivity index (χ0n) is 17.3. The summed E-state index contributed by atoms with van der Waals surface area (Å²) in [7, 11) is 0. The Bertz CT molecular complexity index is 1010. The third-order valence-electron chi connectivity index (χ3n) is 6.48. The van der Waals surface area contributed by atoms with E-state index in [0.717, 1.165) is 80.3 Å². The maximum Gasteiger partial charge on any atom is 0.233 e. The largest absolute Gasteiger partial charge is 0.369 e. The number of hydrogen-bond acceptors (Lipinski definition) is 4. The highest BCUT2D eigenvalue weighted by Crippen LogP contribution is 2.32. The van der Waals surface area contributed by atoms with Crippen molar-refractivity contribution in [3.8, 4) is 0 Å². The Morgan fingerprint density at radius 2 is 1.97 bits per heavy atom. The molecule has 1 saturated heterocycles. The Hall–Kier alpha value is -2.73. The summed E-state index contributed by atoms with van der Waals surface area (Å²) in [6.07, 6.45) is 1.88. The molecule has 156 valence electrons. The highest BCUT2D eigenvalue weighted by molar-refractivity contribution is 6.23. The summed E-state index contributed by atoms with van der Waals surface area (Å²) in [6, 6.07) is 11.4. The number of fused-ring (bicyclic) bond motifs is 3. The first-order valence-corrected chi connectivity index (χ1v) is 10.8. The second kappa shape index (κ2) is 7.84. The van der Waals surface area contributed by atoms with Crippen molar-refractivity contribution < 1.29 is 9.18 Å². The normalized spacial score (nSPS) is 21.5. The number of nitrogens with zero attached hydrogens (tertiary/aromatic N) is 3. The van der Waals surface area contributed by atoms with Crippen LogP contribution in [0.3, 0.4) is 0 Å². The number of rotatable bonds is 3. The SMILES string of the molecule is Cc1cc(F)ccc1N1CCN(Cc2ccc3c(c2)NC(=O)C2CCCN=C32)CC1. The zero-order valence-corrected chi connectivity index (χ0v) is 17.3. The van der Waals surface area contributed by atoms with Gasteiger partial charge in [-0.15, -0.1) is 0 Å². The van der Waals surface area contributed by atoms with Crippen molar-refractivity contribution in [3.63, 3.8) is 0 Å². The second-order valence-corrected chi connectivity index (χ2v) is 8.52. The van der Waals surface area contributed by atoms with E-state index < -0.39 is 0 Å². The number of aliphatic imine (C=N–C) groups is 1. The quantitative estimate of drug-likeness (QED) is 0.847. The number of hydrogen-bond donors (Lipinski definition) is 1. The van der Waals surface area contributed by atoms with E-state index in [0.29, 0.717) is 0 Å². The lowest BCUT2D eigenvalue weighted by Crippen LogP contribution is -2.46. The van der Waals surface area contributed by atoms with Gasteiger partial charge in [0, 0.05) is 50.5 Å². The molecule has 0 aromatic heterocycles. The molecular formula is C24H27FN4O. The van der Waals surface area contributed by atoms with Gasteiger partial charge in [-0.3, -0.25) is 14.7 Å². The smallest absolute Gasteiger partial charge is 0.233 e. The van der Waals surface area contributed by atoms with E-state index in [1.54, 1.807) is 6.07 Å². The summed E-state index contributed by atoms with van der Waals surface area (Å²) in [4.78, 5) is 21.9. The molecular weight excluding hydrogens is 379 g/mol. The lowest BCUT2D eigenvalue weighted by atomic mass is 9.85. The first-order valence-electron chi connectivity index (χ1n) is 10.8. The minimum atomic E-state index is -0.181. The standard InChI is InChI=1S/C24H27FN4O/c1-16-13-18(25)5-7-22(16)29-11-9-28(10-12-29)15-17-4-6-19-21(14-17)27-24(30)20-3-2-8-26-23(19)20/h4-7,13-14,20H,2-3,8-12,15H2,1H3,(H,27,30). The van der Waals surface area contributed by atoms with Crippen molar-refractivity contribution in [3.05, 3.63) is 58.9 Å². The molecule has 1 unspecified atom stereocenters. The van der Waals surface area contributed by atoms with Crippen LogP contribution in [0, 0.1) is 18.7 Å². The second-order valence-electron chi connectivity index (χ2n) is 8.52. The first-order chi connectivity index (χ1) is 14.6. The van der Waals surface area contributed by atoms with Gasteiger partial charge in [0.1, 0.15) is 5.82 Å². The average Bonchev–Trinajstić information content (AvgIpc) is 2.75. The van der Waals surface area contributed by atoms with Gasteiger partial charge < -0.3 is 10.2 Å². The summed E-state index contributed by atoms with van der Waals surface area (Å²) in [5.74, 6) is -0.179. The van der Waals surface area contributed by atoms with Gasteiger partial charge >= 0.3 is 0 Å². The number of nitrogens with one attached hydrogen (secondary N) is 1. The predicted molar refractivity (Wildman–Crippen MR) is 118 cm³/mol. The molecule has 2 aromatic carbocycles. The van der Waals surface area contributed by atoms with E-state index in [1.807, 2.05) is 13.0 Å². The number of halogens is 1. The molecule has 1 N–H and O–H groups in total. The molecule has 2 aromatic rings. The fourth-order valence-electron chi connectivity index (χ4n) is 4.89. The number of anilines is 2. The molecule has 5 nitrogen and oxygen atoms in total. The van der Waals surface area contributed by atoms with E-state index in [4.69, 9.17) is 0 Å². The molecule has 3 aliphatic rings. The molecule has 3 heterocycles. The van der Waals surface area contributed by atoms with Crippen molar-refractivity contribution in [2.75, 3.05) is 42.9 Å². The summed E-state index contributed by atoms with van der Waals surface area (Å²) < 4.78 is 13.4. The van der Waals surface area contributed by atoms with Crippen molar-refractivity contribution in [1.82, 2.24) is 4.90 Å². The Morgan fingerprint density at radius 3 is 2.77 bits per heavy atom. The van der Waals surface area contributed by atoms with Crippen LogP contribution in [-0.4, -0.2) is 49.2 Å². The van der Waals surface area contributed by atoms with Crippen molar-refractivity contribution in [1.29, 1.82) is 0 Å². The summed E-state index contributed by atoms with van der Waals surface area (Å²) in [5, 5.41) is 3.10. The minimum absolute atomic E-state index is 0.0832. The van der Waals surface area contributed by atoms with Crippen LogP contribution in [0.25, 0.3) is 0 Å². The summed E-state index contributed by atoms with van der Waals surface area (Å²) in [6.45, 7) is 7.39. The van der Waals surface area contributed by atoms with E-state index in [-0.39, 0.29) is 17.6 Å². The third kappa shape index (κ3) is 3.60.